The monoisotopic (exact) mass is 402 g/mol. The number of anilines is 2. The van der Waals surface area contributed by atoms with E-state index in [0.29, 0.717) is 14.2 Å². The van der Waals surface area contributed by atoms with Crippen molar-refractivity contribution >= 4 is 63.3 Å². The summed E-state index contributed by atoms with van der Waals surface area (Å²) >= 11 is 12.6. The van der Waals surface area contributed by atoms with Gasteiger partial charge in [-0.3, -0.25) is 9.69 Å². The van der Waals surface area contributed by atoms with Gasteiger partial charge >= 0.3 is 0 Å². The molecule has 3 nitrogen and oxygen atoms in total. The molecule has 1 heterocycles. The van der Waals surface area contributed by atoms with E-state index < -0.39 is 0 Å². The Kier molecular flexibility index (Phi) is 6.01. The van der Waals surface area contributed by atoms with Gasteiger partial charge in [-0.15, -0.1) is 0 Å². The first-order chi connectivity index (χ1) is 12.5. The first-order valence-electron chi connectivity index (χ1n) is 8.42. The number of amides is 1. The zero-order chi connectivity index (χ0) is 18.7. The van der Waals surface area contributed by atoms with Gasteiger partial charge < -0.3 is 4.90 Å². The Labute approximate surface area is 168 Å². The number of halogens is 1. The minimum atomic E-state index is -0.102. The zero-order valence-corrected chi connectivity index (χ0v) is 17.0. The second kappa shape index (κ2) is 8.25. The van der Waals surface area contributed by atoms with Crippen molar-refractivity contribution in [1.29, 1.82) is 0 Å². The maximum atomic E-state index is 12.8. The number of rotatable bonds is 5. The summed E-state index contributed by atoms with van der Waals surface area (Å²) < 4.78 is 0.531. The molecule has 1 fully saturated rings. The summed E-state index contributed by atoms with van der Waals surface area (Å²) in [5.41, 5.74) is 2.90. The van der Waals surface area contributed by atoms with Crippen LogP contribution in [0.15, 0.2) is 53.4 Å². The minimum absolute atomic E-state index is 0.102. The average Bonchev–Trinajstić information content (AvgIpc) is 2.92. The highest BCUT2D eigenvalue weighted by Crippen LogP contribution is 2.36. The van der Waals surface area contributed by atoms with Crippen molar-refractivity contribution in [3.05, 3.63) is 64.0 Å². The molecule has 0 N–H and O–H groups in total. The van der Waals surface area contributed by atoms with E-state index >= 15 is 0 Å². The molecule has 1 amide bonds. The molecule has 0 saturated carbocycles. The number of thiocarbonyl (C=S) groups is 1. The van der Waals surface area contributed by atoms with Crippen molar-refractivity contribution in [2.24, 2.45) is 0 Å². The van der Waals surface area contributed by atoms with Gasteiger partial charge in [-0.05, 0) is 61.9 Å². The van der Waals surface area contributed by atoms with Gasteiger partial charge in [0, 0.05) is 23.8 Å². The maximum absolute atomic E-state index is 12.8. The summed E-state index contributed by atoms with van der Waals surface area (Å²) in [5.74, 6) is -0.102. The molecule has 2 aromatic carbocycles. The van der Waals surface area contributed by atoms with Crippen LogP contribution >= 0.6 is 35.6 Å². The third-order valence-electron chi connectivity index (χ3n) is 4.20. The van der Waals surface area contributed by atoms with Gasteiger partial charge in [0.2, 0.25) is 0 Å². The molecule has 0 unspecified atom stereocenters. The maximum Gasteiger partial charge on any atom is 0.270 e. The zero-order valence-electron chi connectivity index (χ0n) is 14.6. The fraction of sp³-hybridized carbons (Fsp3) is 0.200. The minimum Gasteiger partial charge on any atom is -0.372 e. The average molecular weight is 403 g/mol. The van der Waals surface area contributed by atoms with Crippen molar-refractivity contribution in [2.75, 3.05) is 22.9 Å². The molecule has 2 aromatic rings. The van der Waals surface area contributed by atoms with Crippen LogP contribution in [-0.4, -0.2) is 23.3 Å². The van der Waals surface area contributed by atoms with Crippen molar-refractivity contribution in [3.8, 4) is 0 Å². The molecular weight excluding hydrogens is 384 g/mol. The molecule has 0 aliphatic carbocycles. The molecule has 1 aliphatic rings. The highest BCUT2D eigenvalue weighted by molar-refractivity contribution is 8.27. The Hall–Kier alpha value is -1.82. The number of carbonyl (C=O) groups excluding carboxylic acids is 1. The van der Waals surface area contributed by atoms with Crippen LogP contribution < -0.4 is 9.80 Å². The van der Waals surface area contributed by atoms with Crippen molar-refractivity contribution in [1.82, 2.24) is 0 Å². The second-order valence-electron chi connectivity index (χ2n) is 5.76. The smallest absolute Gasteiger partial charge is 0.270 e. The fourth-order valence-electron chi connectivity index (χ4n) is 2.80. The van der Waals surface area contributed by atoms with Gasteiger partial charge in [0.05, 0.1) is 10.6 Å². The van der Waals surface area contributed by atoms with E-state index in [0.717, 1.165) is 24.3 Å². The molecule has 0 radical (unpaired) electrons. The largest absolute Gasteiger partial charge is 0.372 e. The van der Waals surface area contributed by atoms with Crippen LogP contribution in [-0.2, 0) is 4.79 Å². The topological polar surface area (TPSA) is 23.6 Å². The van der Waals surface area contributed by atoms with Crippen LogP contribution in [0, 0.1) is 0 Å². The highest BCUT2D eigenvalue weighted by atomic mass is 35.5. The van der Waals surface area contributed by atoms with E-state index in [9.17, 15) is 4.79 Å². The normalized spacial score (nSPS) is 15.8. The molecule has 0 bridgehead atoms. The number of nitrogens with zero attached hydrogens (tertiary/aromatic N) is 2. The Balaban J connectivity index is 1.82. The molecule has 0 atom stereocenters. The van der Waals surface area contributed by atoms with E-state index in [2.05, 4.69) is 30.9 Å². The summed E-state index contributed by atoms with van der Waals surface area (Å²) in [4.78, 5) is 17.2. The van der Waals surface area contributed by atoms with E-state index in [1.54, 1.807) is 29.2 Å². The molecule has 6 heteroatoms. The molecule has 26 heavy (non-hydrogen) atoms. The second-order valence-corrected chi connectivity index (χ2v) is 7.87. The Morgan fingerprint density at radius 1 is 1.08 bits per heavy atom. The first kappa shape index (κ1) is 19.0. The predicted molar refractivity (Wildman–Crippen MR) is 117 cm³/mol. The highest BCUT2D eigenvalue weighted by Gasteiger charge is 2.33. The molecule has 1 aliphatic heterocycles. The molecule has 134 valence electrons. The van der Waals surface area contributed by atoms with Crippen molar-refractivity contribution in [3.63, 3.8) is 0 Å². The predicted octanol–water partition coefficient (Wildman–Crippen LogP) is 5.59. The van der Waals surface area contributed by atoms with Gasteiger partial charge in [0.25, 0.3) is 5.91 Å². The van der Waals surface area contributed by atoms with Crippen molar-refractivity contribution < 1.29 is 4.79 Å². The Bertz CT molecular complexity index is 843. The van der Waals surface area contributed by atoms with Crippen LogP contribution in [0.2, 0.25) is 5.02 Å². The van der Waals surface area contributed by atoms with Gasteiger partial charge in [0.15, 0.2) is 4.32 Å². The van der Waals surface area contributed by atoms with Crippen molar-refractivity contribution in [2.45, 2.75) is 13.8 Å². The number of thioether (sulfide) groups is 1. The summed E-state index contributed by atoms with van der Waals surface area (Å²) in [6.45, 7) is 6.21. The van der Waals surface area contributed by atoms with Gasteiger partial charge in [0.1, 0.15) is 0 Å². The fourth-order valence-corrected chi connectivity index (χ4v) is 4.23. The van der Waals surface area contributed by atoms with Crippen LogP contribution in [0.5, 0.6) is 0 Å². The molecule has 1 saturated heterocycles. The molecular formula is C20H19ClN2OS2. The van der Waals surface area contributed by atoms with Crippen LogP contribution in [0.25, 0.3) is 6.08 Å². The molecule has 3 rings (SSSR count). The molecule has 0 aromatic heterocycles. The van der Waals surface area contributed by atoms with Gasteiger partial charge in [-0.1, -0.05) is 47.7 Å². The summed E-state index contributed by atoms with van der Waals surface area (Å²) in [7, 11) is 0. The lowest BCUT2D eigenvalue weighted by Gasteiger charge is -2.20. The van der Waals surface area contributed by atoms with E-state index in [4.69, 9.17) is 23.8 Å². The number of benzene rings is 2. The van der Waals surface area contributed by atoms with Crippen LogP contribution in [0.1, 0.15) is 19.4 Å². The van der Waals surface area contributed by atoms with Crippen LogP contribution in [0.4, 0.5) is 11.4 Å². The van der Waals surface area contributed by atoms with E-state index in [-0.39, 0.29) is 5.91 Å². The summed E-state index contributed by atoms with van der Waals surface area (Å²) in [5, 5.41) is 0.628. The van der Waals surface area contributed by atoms with E-state index in [1.165, 1.54) is 17.4 Å². The standard InChI is InChI=1S/C20H19ClN2OS2/c1-3-22(4-2)16-9-5-14(6-10-16)13-18-19(24)23(20(25)26-18)17-11-7-15(21)8-12-17/h5-13H,3-4H2,1-2H3/b18-13+. The SMILES string of the molecule is CCN(CC)c1ccc(/C=C2/SC(=S)N(c3ccc(Cl)cc3)C2=O)cc1. The van der Waals surface area contributed by atoms with Crippen LogP contribution in [0.3, 0.4) is 0 Å². The number of hydrogen-bond donors (Lipinski definition) is 0. The lowest BCUT2D eigenvalue weighted by atomic mass is 10.1. The summed E-state index contributed by atoms with van der Waals surface area (Å²) in [6.07, 6.45) is 1.89. The van der Waals surface area contributed by atoms with Gasteiger partial charge in [-0.25, -0.2) is 0 Å². The van der Waals surface area contributed by atoms with E-state index in [1.807, 2.05) is 18.2 Å². The lowest BCUT2D eigenvalue weighted by molar-refractivity contribution is -0.113. The summed E-state index contributed by atoms with van der Waals surface area (Å²) in [6, 6.07) is 15.3. The third kappa shape index (κ3) is 3.95. The Morgan fingerprint density at radius 3 is 2.27 bits per heavy atom. The lowest BCUT2D eigenvalue weighted by Crippen LogP contribution is -2.27. The number of hydrogen-bond acceptors (Lipinski definition) is 4. The number of carbonyl (C=O) groups is 1. The molecule has 0 spiro atoms. The first-order valence-corrected chi connectivity index (χ1v) is 10.0. The third-order valence-corrected chi connectivity index (χ3v) is 5.75. The van der Waals surface area contributed by atoms with Gasteiger partial charge in [-0.2, -0.15) is 0 Å². The quantitative estimate of drug-likeness (QED) is 0.480. The Morgan fingerprint density at radius 2 is 1.69 bits per heavy atom.